The lowest BCUT2D eigenvalue weighted by atomic mass is 10.1. The van der Waals surface area contributed by atoms with Crippen LogP contribution < -0.4 is 15.5 Å². The number of hydrogen-bond donors (Lipinski definition) is 3. The first-order valence-electron chi connectivity index (χ1n) is 6.24. The first-order valence-corrected chi connectivity index (χ1v) is 6.24. The number of nitrogens with one attached hydrogen (secondary N) is 2. The number of carbonyl (C=O) groups is 2. The van der Waals surface area contributed by atoms with E-state index in [-0.39, 0.29) is 0 Å². The van der Waals surface area contributed by atoms with Crippen LogP contribution in [0, 0.1) is 6.92 Å². The van der Waals surface area contributed by atoms with Crippen molar-refractivity contribution >= 4 is 23.4 Å². The van der Waals surface area contributed by atoms with E-state index < -0.39 is 17.5 Å². The van der Waals surface area contributed by atoms with Gasteiger partial charge >= 0.3 is 12.0 Å². The molecule has 0 saturated carbocycles. The SMILES string of the molecule is Cc1ccc(NC(=O)NC(C)(C)C(=O)O)cc1N(C)C. The summed E-state index contributed by atoms with van der Waals surface area (Å²) in [5.41, 5.74) is 1.37. The number of nitrogens with zero attached hydrogens (tertiary/aromatic N) is 1. The lowest BCUT2D eigenvalue weighted by molar-refractivity contribution is -0.142. The van der Waals surface area contributed by atoms with Crippen molar-refractivity contribution in [1.82, 2.24) is 5.32 Å². The highest BCUT2D eigenvalue weighted by molar-refractivity contribution is 5.94. The fourth-order valence-electron chi connectivity index (χ4n) is 1.67. The number of amides is 2. The molecule has 1 aromatic carbocycles. The van der Waals surface area contributed by atoms with Gasteiger partial charge in [0.2, 0.25) is 0 Å². The van der Waals surface area contributed by atoms with Gasteiger partial charge in [-0.1, -0.05) is 6.07 Å². The second-order valence-electron chi connectivity index (χ2n) is 5.40. The zero-order valence-electron chi connectivity index (χ0n) is 12.4. The van der Waals surface area contributed by atoms with Crippen molar-refractivity contribution in [2.75, 3.05) is 24.3 Å². The average Bonchev–Trinajstić information content (AvgIpc) is 2.30. The molecule has 6 heteroatoms. The Morgan fingerprint density at radius 3 is 2.35 bits per heavy atom. The number of carbonyl (C=O) groups excluding carboxylic acids is 1. The van der Waals surface area contributed by atoms with E-state index in [1.54, 1.807) is 6.07 Å². The summed E-state index contributed by atoms with van der Waals surface area (Å²) in [5, 5.41) is 14.0. The maximum Gasteiger partial charge on any atom is 0.328 e. The van der Waals surface area contributed by atoms with Crippen LogP contribution in [0.1, 0.15) is 19.4 Å². The van der Waals surface area contributed by atoms with E-state index in [4.69, 9.17) is 5.11 Å². The van der Waals surface area contributed by atoms with Crippen LogP contribution >= 0.6 is 0 Å². The zero-order valence-corrected chi connectivity index (χ0v) is 12.4. The van der Waals surface area contributed by atoms with E-state index in [1.165, 1.54) is 13.8 Å². The molecule has 0 radical (unpaired) electrons. The van der Waals surface area contributed by atoms with Gasteiger partial charge in [-0.15, -0.1) is 0 Å². The highest BCUT2D eigenvalue weighted by Crippen LogP contribution is 2.22. The number of aliphatic carboxylic acids is 1. The quantitative estimate of drug-likeness (QED) is 0.788. The molecule has 110 valence electrons. The molecule has 3 N–H and O–H groups in total. The van der Waals surface area contributed by atoms with Gasteiger partial charge in [-0.25, -0.2) is 9.59 Å². The molecule has 0 heterocycles. The fraction of sp³-hybridized carbons (Fsp3) is 0.429. The van der Waals surface area contributed by atoms with E-state index in [1.807, 2.05) is 38.1 Å². The highest BCUT2D eigenvalue weighted by Gasteiger charge is 2.28. The normalized spacial score (nSPS) is 10.8. The van der Waals surface area contributed by atoms with Gasteiger partial charge in [-0.3, -0.25) is 0 Å². The van der Waals surface area contributed by atoms with Crippen LogP contribution in [0.2, 0.25) is 0 Å². The van der Waals surface area contributed by atoms with E-state index >= 15 is 0 Å². The zero-order chi connectivity index (χ0) is 15.5. The fourth-order valence-corrected chi connectivity index (χ4v) is 1.67. The number of rotatable bonds is 4. The van der Waals surface area contributed by atoms with Crippen LogP contribution in [0.25, 0.3) is 0 Å². The molecule has 1 rings (SSSR count). The summed E-state index contributed by atoms with van der Waals surface area (Å²) < 4.78 is 0. The Kier molecular flexibility index (Phi) is 4.60. The molecule has 2 amide bonds. The molecule has 0 aliphatic carbocycles. The first-order chi connectivity index (χ1) is 9.13. The van der Waals surface area contributed by atoms with Gasteiger partial charge in [0.25, 0.3) is 0 Å². The molecule has 0 aromatic heterocycles. The molecule has 0 saturated heterocycles. The summed E-state index contributed by atoms with van der Waals surface area (Å²) in [6, 6.07) is 4.96. The molecule has 1 aromatic rings. The Labute approximate surface area is 118 Å². The maximum absolute atomic E-state index is 11.8. The van der Waals surface area contributed by atoms with Gasteiger partial charge in [0.05, 0.1) is 0 Å². The Bertz CT molecular complexity index is 524. The molecule has 6 nitrogen and oxygen atoms in total. The molecule has 0 fully saturated rings. The minimum absolute atomic E-state index is 0.550. The predicted molar refractivity (Wildman–Crippen MR) is 79.4 cm³/mol. The molecule has 0 spiro atoms. The summed E-state index contributed by atoms with van der Waals surface area (Å²) in [6.07, 6.45) is 0. The van der Waals surface area contributed by atoms with Gasteiger partial charge in [0.15, 0.2) is 0 Å². The minimum atomic E-state index is -1.32. The molecule has 0 bridgehead atoms. The number of anilines is 2. The summed E-state index contributed by atoms with van der Waals surface area (Å²) >= 11 is 0. The molecule has 20 heavy (non-hydrogen) atoms. The summed E-state index contributed by atoms with van der Waals surface area (Å²) in [4.78, 5) is 24.7. The third kappa shape index (κ3) is 3.88. The first kappa shape index (κ1) is 15.8. The molecule has 0 aliphatic rings. The third-order valence-electron chi connectivity index (χ3n) is 2.91. The van der Waals surface area contributed by atoms with Crippen LogP contribution in [-0.4, -0.2) is 36.7 Å². The number of aryl methyl sites for hydroxylation is 1. The Morgan fingerprint density at radius 1 is 1.25 bits per heavy atom. The summed E-state index contributed by atoms with van der Waals surface area (Å²) in [5.74, 6) is -1.09. The number of carboxylic acid groups (broad SMARTS) is 1. The lowest BCUT2D eigenvalue weighted by Gasteiger charge is -2.22. The van der Waals surface area contributed by atoms with E-state index in [9.17, 15) is 9.59 Å². The van der Waals surface area contributed by atoms with Crippen molar-refractivity contribution in [2.24, 2.45) is 0 Å². The van der Waals surface area contributed by atoms with E-state index in [0.29, 0.717) is 5.69 Å². The topological polar surface area (TPSA) is 81.7 Å². The molecule has 0 atom stereocenters. The van der Waals surface area contributed by atoms with Crippen LogP contribution in [0.4, 0.5) is 16.2 Å². The number of hydrogen-bond acceptors (Lipinski definition) is 3. The van der Waals surface area contributed by atoms with Crippen molar-refractivity contribution < 1.29 is 14.7 Å². The Morgan fingerprint density at radius 2 is 1.85 bits per heavy atom. The largest absolute Gasteiger partial charge is 0.480 e. The van der Waals surface area contributed by atoms with Crippen molar-refractivity contribution in [2.45, 2.75) is 26.3 Å². The van der Waals surface area contributed by atoms with Crippen molar-refractivity contribution in [3.8, 4) is 0 Å². The maximum atomic E-state index is 11.8. The van der Waals surface area contributed by atoms with Crippen molar-refractivity contribution in [3.05, 3.63) is 23.8 Å². The van der Waals surface area contributed by atoms with Gasteiger partial charge in [0, 0.05) is 25.5 Å². The molecule has 0 aliphatic heterocycles. The van der Waals surface area contributed by atoms with Gasteiger partial charge < -0.3 is 20.6 Å². The van der Waals surface area contributed by atoms with Crippen LogP contribution in [-0.2, 0) is 4.79 Å². The Balaban J connectivity index is 2.82. The lowest BCUT2D eigenvalue weighted by Crippen LogP contribution is -2.51. The average molecular weight is 279 g/mol. The second kappa shape index (κ2) is 5.81. The van der Waals surface area contributed by atoms with Crippen LogP contribution in [0.3, 0.4) is 0 Å². The monoisotopic (exact) mass is 279 g/mol. The van der Waals surface area contributed by atoms with E-state index in [2.05, 4.69) is 10.6 Å². The van der Waals surface area contributed by atoms with Gasteiger partial charge in [-0.2, -0.15) is 0 Å². The smallest absolute Gasteiger partial charge is 0.328 e. The predicted octanol–water partition coefficient (Wildman–Crippen LogP) is 2.05. The van der Waals surface area contributed by atoms with Gasteiger partial charge in [-0.05, 0) is 38.5 Å². The highest BCUT2D eigenvalue weighted by atomic mass is 16.4. The molecule has 0 unspecified atom stereocenters. The number of benzene rings is 1. The number of carboxylic acids is 1. The summed E-state index contributed by atoms with van der Waals surface area (Å²) in [7, 11) is 3.83. The molecular weight excluding hydrogens is 258 g/mol. The summed E-state index contributed by atoms with van der Waals surface area (Å²) in [6.45, 7) is 4.83. The van der Waals surface area contributed by atoms with Crippen LogP contribution in [0.15, 0.2) is 18.2 Å². The standard InChI is InChI=1S/C14H21N3O3/c1-9-6-7-10(8-11(9)17(4)5)15-13(20)16-14(2,3)12(18)19/h6-8H,1-5H3,(H,18,19)(H2,15,16,20). The van der Waals surface area contributed by atoms with Gasteiger partial charge in [0.1, 0.15) is 5.54 Å². The van der Waals surface area contributed by atoms with E-state index in [0.717, 1.165) is 11.3 Å². The molecular formula is C14H21N3O3. The number of urea groups is 1. The van der Waals surface area contributed by atoms with Crippen molar-refractivity contribution in [3.63, 3.8) is 0 Å². The van der Waals surface area contributed by atoms with Crippen molar-refractivity contribution in [1.29, 1.82) is 0 Å². The second-order valence-corrected chi connectivity index (χ2v) is 5.40. The third-order valence-corrected chi connectivity index (χ3v) is 2.91. The Hall–Kier alpha value is -2.24. The minimum Gasteiger partial charge on any atom is -0.480 e. The van der Waals surface area contributed by atoms with Crippen LogP contribution in [0.5, 0.6) is 0 Å².